The van der Waals surface area contributed by atoms with Crippen LogP contribution in [0.3, 0.4) is 0 Å². The molecule has 1 atom stereocenters. The van der Waals surface area contributed by atoms with Gasteiger partial charge in [-0.15, -0.1) is 5.10 Å². The molecule has 15 heavy (non-hydrogen) atoms. The smallest absolute Gasteiger partial charge is 0.0692 e. The van der Waals surface area contributed by atoms with E-state index in [1.165, 1.54) is 24.3 Å². The zero-order chi connectivity index (χ0) is 10.3. The van der Waals surface area contributed by atoms with Crippen LogP contribution in [0.1, 0.15) is 19.3 Å². The van der Waals surface area contributed by atoms with Gasteiger partial charge in [-0.3, -0.25) is 4.68 Å². The summed E-state index contributed by atoms with van der Waals surface area (Å²) in [6, 6.07) is 0.736. The highest BCUT2D eigenvalue weighted by Crippen LogP contribution is 2.16. The molecule has 1 aromatic rings. The van der Waals surface area contributed by atoms with E-state index >= 15 is 0 Å². The molecular formula is C10H18N4S. The minimum atomic E-state index is 0.736. The molecule has 1 N–H and O–H groups in total. The normalized spacial score (nSPS) is 21.7. The standard InChI is InChI=1S/C10H18N4S/c1-3-10(9-15-8-1)11-4-2-6-14-7-5-12-13-14/h5,7,10-11H,1-4,6,8-9H2. The summed E-state index contributed by atoms with van der Waals surface area (Å²) in [5, 5.41) is 11.3. The Hall–Kier alpha value is -0.550. The summed E-state index contributed by atoms with van der Waals surface area (Å²) in [5.41, 5.74) is 0. The Kier molecular flexibility index (Phi) is 4.47. The van der Waals surface area contributed by atoms with E-state index < -0.39 is 0 Å². The molecule has 0 aliphatic carbocycles. The van der Waals surface area contributed by atoms with E-state index in [2.05, 4.69) is 27.4 Å². The van der Waals surface area contributed by atoms with Crippen LogP contribution in [0.15, 0.2) is 12.4 Å². The first kappa shape index (κ1) is 11.0. The van der Waals surface area contributed by atoms with Gasteiger partial charge in [0.15, 0.2) is 0 Å². The number of aryl methyl sites for hydroxylation is 1. The Morgan fingerprint density at radius 2 is 2.53 bits per heavy atom. The lowest BCUT2D eigenvalue weighted by atomic mass is 10.2. The van der Waals surface area contributed by atoms with E-state index in [4.69, 9.17) is 0 Å². The number of thioether (sulfide) groups is 1. The van der Waals surface area contributed by atoms with Crippen molar-refractivity contribution in [3.05, 3.63) is 12.4 Å². The summed E-state index contributed by atoms with van der Waals surface area (Å²) in [7, 11) is 0. The van der Waals surface area contributed by atoms with Gasteiger partial charge in [-0.2, -0.15) is 11.8 Å². The molecule has 5 heteroatoms. The molecule has 0 aromatic carbocycles. The van der Waals surface area contributed by atoms with Crippen molar-refractivity contribution in [3.63, 3.8) is 0 Å². The molecule has 0 amide bonds. The minimum Gasteiger partial charge on any atom is -0.313 e. The first-order valence-electron chi connectivity index (χ1n) is 5.60. The number of rotatable bonds is 5. The maximum absolute atomic E-state index is 3.94. The van der Waals surface area contributed by atoms with Crippen LogP contribution in [0.4, 0.5) is 0 Å². The second-order valence-electron chi connectivity index (χ2n) is 3.89. The van der Waals surface area contributed by atoms with Gasteiger partial charge in [-0.1, -0.05) is 5.21 Å². The minimum absolute atomic E-state index is 0.736. The van der Waals surface area contributed by atoms with Gasteiger partial charge >= 0.3 is 0 Å². The molecule has 0 radical (unpaired) electrons. The van der Waals surface area contributed by atoms with Crippen LogP contribution in [0.2, 0.25) is 0 Å². The van der Waals surface area contributed by atoms with Crippen LogP contribution >= 0.6 is 11.8 Å². The molecule has 1 saturated heterocycles. The molecule has 0 saturated carbocycles. The molecule has 4 nitrogen and oxygen atoms in total. The fourth-order valence-corrected chi connectivity index (χ4v) is 2.91. The first-order chi connectivity index (χ1) is 7.45. The Morgan fingerprint density at radius 3 is 3.27 bits per heavy atom. The van der Waals surface area contributed by atoms with Crippen molar-refractivity contribution < 1.29 is 0 Å². The third-order valence-corrected chi connectivity index (χ3v) is 3.84. The lowest BCUT2D eigenvalue weighted by molar-refractivity contribution is 0.471. The fourth-order valence-electron chi connectivity index (χ4n) is 1.80. The molecule has 1 fully saturated rings. The molecule has 0 spiro atoms. The number of nitrogens with zero attached hydrogens (tertiary/aromatic N) is 3. The number of hydrogen-bond acceptors (Lipinski definition) is 4. The third-order valence-electron chi connectivity index (χ3n) is 2.63. The highest BCUT2D eigenvalue weighted by atomic mass is 32.2. The zero-order valence-electron chi connectivity index (χ0n) is 8.93. The quantitative estimate of drug-likeness (QED) is 0.765. The average molecular weight is 226 g/mol. The van der Waals surface area contributed by atoms with Crippen LogP contribution < -0.4 is 5.32 Å². The molecular weight excluding hydrogens is 208 g/mol. The van der Waals surface area contributed by atoms with Crippen molar-refractivity contribution in [3.8, 4) is 0 Å². The summed E-state index contributed by atoms with van der Waals surface area (Å²) >= 11 is 2.07. The Bertz CT molecular complexity index is 256. The van der Waals surface area contributed by atoms with Crippen molar-refractivity contribution in [1.82, 2.24) is 20.3 Å². The van der Waals surface area contributed by atoms with E-state index in [1.807, 2.05) is 10.9 Å². The SMILES string of the molecule is c1cn(CCCNC2CCCSC2)nn1. The first-order valence-corrected chi connectivity index (χ1v) is 6.76. The van der Waals surface area contributed by atoms with E-state index in [0.29, 0.717) is 0 Å². The van der Waals surface area contributed by atoms with Gasteiger partial charge in [-0.05, 0) is 31.6 Å². The van der Waals surface area contributed by atoms with Crippen molar-refractivity contribution in [2.24, 2.45) is 0 Å². The van der Waals surface area contributed by atoms with Crippen LogP contribution in [0.25, 0.3) is 0 Å². The van der Waals surface area contributed by atoms with Gasteiger partial charge in [0.25, 0.3) is 0 Å². The van der Waals surface area contributed by atoms with Crippen molar-refractivity contribution in [2.75, 3.05) is 18.1 Å². The average Bonchev–Trinajstić information content (AvgIpc) is 2.79. The van der Waals surface area contributed by atoms with Gasteiger partial charge in [0.05, 0.1) is 6.20 Å². The van der Waals surface area contributed by atoms with Crippen molar-refractivity contribution >= 4 is 11.8 Å². The third kappa shape index (κ3) is 3.83. The van der Waals surface area contributed by atoms with E-state index in [0.717, 1.165) is 25.6 Å². The molecule has 1 aliphatic heterocycles. The summed E-state index contributed by atoms with van der Waals surface area (Å²) in [4.78, 5) is 0. The van der Waals surface area contributed by atoms with Gasteiger partial charge in [-0.25, -0.2) is 0 Å². The molecule has 1 aromatic heterocycles. The Morgan fingerprint density at radius 1 is 1.53 bits per heavy atom. The van der Waals surface area contributed by atoms with Crippen molar-refractivity contribution in [2.45, 2.75) is 31.8 Å². The molecule has 2 rings (SSSR count). The summed E-state index contributed by atoms with van der Waals surface area (Å²) < 4.78 is 1.89. The van der Waals surface area contributed by atoms with Gasteiger partial charge in [0, 0.05) is 24.5 Å². The van der Waals surface area contributed by atoms with Crippen molar-refractivity contribution in [1.29, 1.82) is 0 Å². The molecule has 0 bridgehead atoms. The highest BCUT2D eigenvalue weighted by Gasteiger charge is 2.11. The van der Waals surface area contributed by atoms with E-state index in [1.54, 1.807) is 6.20 Å². The van der Waals surface area contributed by atoms with Crippen LogP contribution in [-0.2, 0) is 6.54 Å². The van der Waals surface area contributed by atoms with Gasteiger partial charge in [0.1, 0.15) is 0 Å². The number of hydrogen-bond donors (Lipinski definition) is 1. The topological polar surface area (TPSA) is 42.7 Å². The van der Waals surface area contributed by atoms with E-state index in [-0.39, 0.29) is 0 Å². The summed E-state index contributed by atoms with van der Waals surface area (Å²) in [6.45, 7) is 2.05. The predicted molar refractivity (Wildman–Crippen MR) is 63.0 cm³/mol. The Balaban J connectivity index is 1.54. The van der Waals surface area contributed by atoms with Gasteiger partial charge < -0.3 is 5.32 Å². The molecule has 1 unspecified atom stereocenters. The number of nitrogens with one attached hydrogen (secondary N) is 1. The maximum atomic E-state index is 3.94. The summed E-state index contributed by atoms with van der Waals surface area (Å²) in [6.07, 6.45) is 7.48. The van der Waals surface area contributed by atoms with Crippen LogP contribution in [0, 0.1) is 0 Å². The second-order valence-corrected chi connectivity index (χ2v) is 5.04. The molecule has 2 heterocycles. The zero-order valence-corrected chi connectivity index (χ0v) is 9.75. The molecule has 84 valence electrons. The molecule has 1 aliphatic rings. The predicted octanol–water partition coefficient (Wildman–Crippen LogP) is 1.15. The van der Waals surface area contributed by atoms with Gasteiger partial charge in [0.2, 0.25) is 0 Å². The lowest BCUT2D eigenvalue weighted by Gasteiger charge is -2.22. The van der Waals surface area contributed by atoms with Crippen LogP contribution in [0.5, 0.6) is 0 Å². The largest absolute Gasteiger partial charge is 0.313 e. The number of aromatic nitrogens is 3. The van der Waals surface area contributed by atoms with Crippen LogP contribution in [-0.4, -0.2) is 39.1 Å². The maximum Gasteiger partial charge on any atom is 0.0692 e. The summed E-state index contributed by atoms with van der Waals surface area (Å²) in [5.74, 6) is 2.63. The lowest BCUT2D eigenvalue weighted by Crippen LogP contribution is -2.34. The monoisotopic (exact) mass is 226 g/mol. The van der Waals surface area contributed by atoms with E-state index in [9.17, 15) is 0 Å². The second kappa shape index (κ2) is 6.12. The Labute approximate surface area is 94.8 Å². The fraction of sp³-hybridized carbons (Fsp3) is 0.800. The highest BCUT2D eigenvalue weighted by molar-refractivity contribution is 7.99.